The van der Waals surface area contributed by atoms with E-state index in [0.29, 0.717) is 46.6 Å². The Morgan fingerprint density at radius 2 is 1.97 bits per heavy atom. The lowest BCUT2D eigenvalue weighted by Gasteiger charge is -2.31. The Hall–Kier alpha value is -3.07. The van der Waals surface area contributed by atoms with E-state index >= 15 is 0 Å². The summed E-state index contributed by atoms with van der Waals surface area (Å²) in [5.41, 5.74) is 1.43. The monoisotopic (exact) mass is 428 g/mol. The van der Waals surface area contributed by atoms with Crippen molar-refractivity contribution in [1.29, 1.82) is 0 Å². The summed E-state index contributed by atoms with van der Waals surface area (Å²) >= 11 is 6.50. The molecule has 2 aliphatic rings. The molecule has 1 fully saturated rings. The summed E-state index contributed by atoms with van der Waals surface area (Å²) in [5, 5.41) is 4.64. The molecule has 0 saturated carbocycles. The quantitative estimate of drug-likeness (QED) is 0.622. The molecule has 3 aromatic heterocycles. The number of hydrogen-bond donors (Lipinski definition) is 0. The molecule has 0 bridgehead atoms. The third-order valence-electron chi connectivity index (χ3n) is 5.58. The third kappa shape index (κ3) is 3.09. The molecule has 9 nitrogen and oxygen atoms in total. The van der Waals surface area contributed by atoms with Gasteiger partial charge in [0.25, 0.3) is 5.91 Å². The third-order valence-corrected chi connectivity index (χ3v) is 5.87. The molecule has 2 aliphatic heterocycles. The van der Waals surface area contributed by atoms with Crippen LogP contribution in [-0.4, -0.2) is 56.2 Å². The number of fused-ring (bicyclic) bond motifs is 2. The van der Waals surface area contributed by atoms with Gasteiger partial charge in [0, 0.05) is 38.6 Å². The lowest BCUT2D eigenvalue weighted by molar-refractivity contribution is 0.0723. The zero-order valence-electron chi connectivity index (χ0n) is 16.5. The smallest absolute Gasteiger partial charge is 0.350 e. The summed E-state index contributed by atoms with van der Waals surface area (Å²) < 4.78 is 8.48. The molecule has 0 atom stereocenters. The molecule has 1 saturated heterocycles. The molecule has 156 valence electrons. The summed E-state index contributed by atoms with van der Waals surface area (Å²) in [6.07, 6.45) is 6.38. The number of aromatic nitrogens is 4. The lowest BCUT2D eigenvalue weighted by Crippen LogP contribution is -2.36. The SMILES string of the molecule is Cn1nc2cc(N3CCOc4cc(C(=O)N5CCCCC5)cnc43)c(Cl)cn2c1=O. The van der Waals surface area contributed by atoms with Crippen molar-refractivity contribution >= 4 is 34.7 Å². The molecule has 10 heteroatoms. The molecule has 0 unspecified atom stereocenters. The maximum absolute atomic E-state index is 12.8. The van der Waals surface area contributed by atoms with Crippen LogP contribution in [0.4, 0.5) is 11.5 Å². The van der Waals surface area contributed by atoms with Crippen LogP contribution in [0.15, 0.2) is 29.3 Å². The zero-order chi connectivity index (χ0) is 20.8. The number of hydrogen-bond acceptors (Lipinski definition) is 6. The number of amides is 1. The number of ether oxygens (including phenoxy) is 1. The number of carbonyl (C=O) groups is 1. The van der Waals surface area contributed by atoms with Gasteiger partial charge in [0.15, 0.2) is 17.2 Å². The Balaban J connectivity index is 1.51. The predicted octanol–water partition coefficient (Wildman–Crippen LogP) is 2.24. The van der Waals surface area contributed by atoms with Crippen molar-refractivity contribution < 1.29 is 9.53 Å². The molecule has 5 rings (SSSR count). The van der Waals surface area contributed by atoms with Gasteiger partial charge >= 0.3 is 5.69 Å². The summed E-state index contributed by atoms with van der Waals surface area (Å²) in [5.74, 6) is 1.11. The fraction of sp³-hybridized carbons (Fsp3) is 0.400. The second-order valence-electron chi connectivity index (χ2n) is 7.54. The van der Waals surface area contributed by atoms with Gasteiger partial charge in [-0.2, -0.15) is 5.10 Å². The van der Waals surface area contributed by atoms with Crippen LogP contribution < -0.4 is 15.3 Å². The normalized spacial score (nSPS) is 16.5. The molecule has 3 aromatic rings. The van der Waals surface area contributed by atoms with E-state index in [9.17, 15) is 9.59 Å². The van der Waals surface area contributed by atoms with E-state index in [-0.39, 0.29) is 11.6 Å². The number of nitrogens with zero attached hydrogens (tertiary/aromatic N) is 6. The van der Waals surface area contributed by atoms with Crippen LogP contribution in [0.25, 0.3) is 5.65 Å². The highest BCUT2D eigenvalue weighted by atomic mass is 35.5. The maximum atomic E-state index is 12.8. The first-order valence-corrected chi connectivity index (χ1v) is 10.4. The topological polar surface area (TPSA) is 85.0 Å². The van der Waals surface area contributed by atoms with Gasteiger partial charge in [-0.25, -0.2) is 18.9 Å². The molecule has 0 aliphatic carbocycles. The molecular formula is C20H21ClN6O3. The number of halogens is 1. The number of pyridine rings is 2. The molecule has 0 aromatic carbocycles. The van der Waals surface area contributed by atoms with Crippen molar-refractivity contribution in [1.82, 2.24) is 24.1 Å². The Morgan fingerprint density at radius 3 is 2.77 bits per heavy atom. The van der Waals surface area contributed by atoms with E-state index in [4.69, 9.17) is 16.3 Å². The van der Waals surface area contributed by atoms with Gasteiger partial charge in [-0.3, -0.25) is 4.79 Å². The summed E-state index contributed by atoms with van der Waals surface area (Å²) in [4.78, 5) is 33.3. The van der Waals surface area contributed by atoms with Crippen molar-refractivity contribution in [2.45, 2.75) is 19.3 Å². The van der Waals surface area contributed by atoms with Crippen LogP contribution in [0.5, 0.6) is 5.75 Å². The fourth-order valence-electron chi connectivity index (χ4n) is 4.03. The van der Waals surface area contributed by atoms with Gasteiger partial charge in [0.05, 0.1) is 22.8 Å². The fourth-order valence-corrected chi connectivity index (χ4v) is 4.28. The van der Waals surface area contributed by atoms with Crippen LogP contribution >= 0.6 is 11.6 Å². The van der Waals surface area contributed by atoms with Gasteiger partial charge < -0.3 is 14.5 Å². The second kappa shape index (κ2) is 7.32. The second-order valence-corrected chi connectivity index (χ2v) is 7.95. The van der Waals surface area contributed by atoms with E-state index in [1.54, 1.807) is 31.6 Å². The Kier molecular flexibility index (Phi) is 4.62. The highest BCUT2D eigenvalue weighted by molar-refractivity contribution is 6.33. The summed E-state index contributed by atoms with van der Waals surface area (Å²) in [6, 6.07) is 3.51. The zero-order valence-corrected chi connectivity index (χ0v) is 17.3. The number of rotatable bonds is 2. The first-order chi connectivity index (χ1) is 14.5. The van der Waals surface area contributed by atoms with E-state index in [1.165, 1.54) is 9.08 Å². The number of anilines is 2. The number of likely N-dealkylation sites (tertiary alicyclic amines) is 1. The van der Waals surface area contributed by atoms with Crippen LogP contribution in [0.2, 0.25) is 5.02 Å². The minimum atomic E-state index is -0.264. The summed E-state index contributed by atoms with van der Waals surface area (Å²) in [7, 11) is 1.59. The van der Waals surface area contributed by atoms with Gasteiger partial charge in [-0.05, 0) is 25.3 Å². The van der Waals surface area contributed by atoms with Crippen molar-refractivity contribution in [3.63, 3.8) is 0 Å². The molecule has 0 radical (unpaired) electrons. The van der Waals surface area contributed by atoms with Gasteiger partial charge in [0.2, 0.25) is 0 Å². The minimum absolute atomic E-state index is 0.0157. The first-order valence-electron chi connectivity index (χ1n) is 9.97. The molecule has 0 N–H and O–H groups in total. The minimum Gasteiger partial charge on any atom is -0.488 e. The van der Waals surface area contributed by atoms with Crippen LogP contribution in [0.3, 0.4) is 0 Å². The van der Waals surface area contributed by atoms with Crippen molar-refractivity contribution in [3.8, 4) is 5.75 Å². The average molecular weight is 429 g/mol. The largest absolute Gasteiger partial charge is 0.488 e. The van der Waals surface area contributed by atoms with Crippen molar-refractivity contribution in [2.24, 2.45) is 7.05 Å². The van der Waals surface area contributed by atoms with E-state index in [0.717, 1.165) is 32.4 Å². The first kappa shape index (κ1) is 18.9. The highest BCUT2D eigenvalue weighted by Crippen LogP contribution is 2.38. The number of aryl methyl sites for hydroxylation is 1. The molecular weight excluding hydrogens is 408 g/mol. The standard InChI is InChI=1S/C20H21ClN6O3/c1-24-20(29)27-12-14(21)15(10-17(27)23-24)26-7-8-30-16-9-13(11-22-18(16)26)19(28)25-5-3-2-4-6-25/h9-12H,2-8H2,1H3. The molecule has 30 heavy (non-hydrogen) atoms. The average Bonchev–Trinajstić information content (AvgIpc) is 3.05. The van der Waals surface area contributed by atoms with E-state index < -0.39 is 0 Å². The molecule has 5 heterocycles. The van der Waals surface area contributed by atoms with Crippen molar-refractivity contribution in [2.75, 3.05) is 31.1 Å². The van der Waals surface area contributed by atoms with Gasteiger partial charge in [0.1, 0.15) is 6.61 Å². The maximum Gasteiger partial charge on any atom is 0.350 e. The Morgan fingerprint density at radius 1 is 1.17 bits per heavy atom. The van der Waals surface area contributed by atoms with Crippen LogP contribution in [-0.2, 0) is 7.05 Å². The van der Waals surface area contributed by atoms with Gasteiger partial charge in [-0.15, -0.1) is 0 Å². The number of piperidine rings is 1. The summed E-state index contributed by atoms with van der Waals surface area (Å²) in [6.45, 7) is 2.52. The molecule has 1 amide bonds. The number of carbonyl (C=O) groups excluding carboxylic acids is 1. The van der Waals surface area contributed by atoms with Crippen LogP contribution in [0, 0.1) is 0 Å². The van der Waals surface area contributed by atoms with Crippen molar-refractivity contribution in [3.05, 3.63) is 45.6 Å². The highest BCUT2D eigenvalue weighted by Gasteiger charge is 2.26. The van der Waals surface area contributed by atoms with E-state index in [2.05, 4.69) is 10.1 Å². The molecule has 0 spiro atoms. The lowest BCUT2D eigenvalue weighted by atomic mass is 10.1. The Labute approximate surface area is 177 Å². The van der Waals surface area contributed by atoms with Crippen LogP contribution in [0.1, 0.15) is 29.6 Å². The Bertz CT molecular complexity index is 1200. The predicted molar refractivity (Wildman–Crippen MR) is 112 cm³/mol. The van der Waals surface area contributed by atoms with Gasteiger partial charge in [-0.1, -0.05) is 11.6 Å². The van der Waals surface area contributed by atoms with E-state index in [1.807, 2.05) is 9.80 Å².